The van der Waals surface area contributed by atoms with E-state index in [1.54, 1.807) is 22.6 Å². The summed E-state index contributed by atoms with van der Waals surface area (Å²) in [7, 11) is 0. The van der Waals surface area contributed by atoms with E-state index >= 15 is 0 Å². The third-order valence-corrected chi connectivity index (χ3v) is 3.58. The number of carbonyl (C=O) groups is 1. The summed E-state index contributed by atoms with van der Waals surface area (Å²) >= 11 is 2.94. The molecular formula is C11H9IN2O3S. The zero-order valence-corrected chi connectivity index (χ0v) is 12.2. The summed E-state index contributed by atoms with van der Waals surface area (Å²) in [4.78, 5) is 10.8. The maximum atomic E-state index is 10.8. The number of carbonyl (C=O) groups excluding carboxylic acids is 1. The zero-order chi connectivity index (χ0) is 12.8. The molecule has 1 aromatic carbocycles. The van der Waals surface area contributed by atoms with Gasteiger partial charge >= 0.3 is 0 Å². The predicted octanol–water partition coefficient (Wildman–Crippen LogP) is 2.70. The molecule has 0 atom stereocenters. The van der Waals surface area contributed by atoms with Gasteiger partial charge in [-0.05, 0) is 12.1 Å². The molecule has 0 aliphatic carbocycles. The first-order valence-electron chi connectivity index (χ1n) is 5.05. The minimum atomic E-state index is 0.0397. The number of ether oxygens (including phenoxy) is 1. The molecule has 94 valence electrons. The molecule has 0 radical (unpaired) electrons. The van der Waals surface area contributed by atoms with Crippen molar-refractivity contribution in [3.8, 4) is 5.75 Å². The van der Waals surface area contributed by atoms with Crippen molar-refractivity contribution in [2.24, 2.45) is 0 Å². The largest absolute Gasteiger partial charge is 0.484 e. The monoisotopic (exact) mass is 376 g/mol. The summed E-state index contributed by atoms with van der Waals surface area (Å²) in [6, 6.07) is 9.38. The number of aromatic nitrogens is 2. The lowest BCUT2D eigenvalue weighted by molar-refractivity contribution is -0.107. The van der Waals surface area contributed by atoms with E-state index in [1.165, 1.54) is 11.8 Å². The van der Waals surface area contributed by atoms with Crippen LogP contribution in [0.2, 0.25) is 0 Å². The number of hydrogen-bond donors (Lipinski definition) is 0. The van der Waals surface area contributed by atoms with Crippen molar-refractivity contribution in [2.75, 3.05) is 5.75 Å². The molecule has 0 saturated heterocycles. The highest BCUT2D eigenvalue weighted by Gasteiger charge is 2.08. The lowest BCUT2D eigenvalue weighted by Gasteiger charge is -2.01. The Balaban J connectivity index is 1.85. The second-order valence-electron chi connectivity index (χ2n) is 3.21. The Labute approximate surface area is 121 Å². The number of halogens is 1. The van der Waals surface area contributed by atoms with E-state index in [9.17, 15) is 4.79 Å². The van der Waals surface area contributed by atoms with Gasteiger partial charge in [-0.1, -0.05) is 30.0 Å². The van der Waals surface area contributed by atoms with Crippen LogP contribution >= 0.6 is 34.4 Å². The SMILES string of the molecule is O=C(I)CSc1nnc(COc2ccccc2)o1. The van der Waals surface area contributed by atoms with Crippen LogP contribution in [-0.4, -0.2) is 19.7 Å². The number of para-hydroxylation sites is 1. The molecule has 0 fully saturated rings. The number of benzene rings is 1. The van der Waals surface area contributed by atoms with Crippen LogP contribution in [0.25, 0.3) is 0 Å². The van der Waals surface area contributed by atoms with Gasteiger partial charge in [-0.15, -0.1) is 10.2 Å². The van der Waals surface area contributed by atoms with Gasteiger partial charge in [0.05, 0.1) is 5.75 Å². The molecule has 1 aromatic heterocycles. The van der Waals surface area contributed by atoms with E-state index in [-0.39, 0.29) is 10.4 Å². The second-order valence-corrected chi connectivity index (χ2v) is 5.34. The molecule has 0 saturated carbocycles. The minimum absolute atomic E-state index is 0.0397. The fraction of sp³-hybridized carbons (Fsp3) is 0.182. The number of nitrogens with zero attached hydrogens (tertiary/aromatic N) is 2. The standard InChI is InChI=1S/C11H9IN2O3S/c12-9(15)7-18-11-14-13-10(17-11)6-16-8-4-2-1-3-5-8/h1-5H,6-7H2. The fourth-order valence-corrected chi connectivity index (χ4v) is 2.09. The molecule has 0 N–H and O–H groups in total. The summed E-state index contributed by atoms with van der Waals surface area (Å²) in [6.07, 6.45) is 0. The van der Waals surface area contributed by atoms with E-state index in [0.29, 0.717) is 16.9 Å². The van der Waals surface area contributed by atoms with Gasteiger partial charge < -0.3 is 9.15 Å². The molecule has 2 rings (SSSR count). The Kier molecular flexibility index (Phi) is 5.00. The third-order valence-electron chi connectivity index (χ3n) is 1.86. The minimum Gasteiger partial charge on any atom is -0.484 e. The Morgan fingerprint density at radius 1 is 1.33 bits per heavy atom. The average Bonchev–Trinajstić information content (AvgIpc) is 2.83. The molecule has 0 aliphatic heterocycles. The first-order chi connectivity index (χ1) is 8.74. The predicted molar refractivity (Wildman–Crippen MR) is 74.8 cm³/mol. The summed E-state index contributed by atoms with van der Waals surface area (Å²) in [5.74, 6) is 1.46. The topological polar surface area (TPSA) is 65.2 Å². The van der Waals surface area contributed by atoms with Gasteiger partial charge in [0.25, 0.3) is 11.1 Å². The van der Waals surface area contributed by atoms with Gasteiger partial charge in [-0.3, -0.25) is 4.79 Å². The average molecular weight is 376 g/mol. The smallest absolute Gasteiger partial charge is 0.277 e. The molecule has 7 heteroatoms. The van der Waals surface area contributed by atoms with Gasteiger partial charge in [0, 0.05) is 22.6 Å². The molecule has 18 heavy (non-hydrogen) atoms. The van der Waals surface area contributed by atoms with Crippen LogP contribution in [0, 0.1) is 0 Å². The number of rotatable bonds is 6. The van der Waals surface area contributed by atoms with E-state index in [4.69, 9.17) is 9.15 Å². The van der Waals surface area contributed by atoms with Crippen LogP contribution in [0.15, 0.2) is 40.0 Å². The van der Waals surface area contributed by atoms with Crippen molar-refractivity contribution in [1.82, 2.24) is 10.2 Å². The van der Waals surface area contributed by atoms with Crippen LogP contribution in [0.1, 0.15) is 5.89 Å². The van der Waals surface area contributed by atoms with Crippen LogP contribution in [0.3, 0.4) is 0 Å². The molecular weight excluding hydrogens is 367 g/mol. The zero-order valence-electron chi connectivity index (χ0n) is 9.21. The lowest BCUT2D eigenvalue weighted by Crippen LogP contribution is -1.95. The fourth-order valence-electron chi connectivity index (χ4n) is 1.14. The van der Waals surface area contributed by atoms with Crippen LogP contribution in [0.5, 0.6) is 5.75 Å². The van der Waals surface area contributed by atoms with Crippen molar-refractivity contribution in [1.29, 1.82) is 0 Å². The highest BCUT2D eigenvalue weighted by Crippen LogP contribution is 2.18. The summed E-state index contributed by atoms with van der Waals surface area (Å²) in [5.41, 5.74) is 0. The van der Waals surface area contributed by atoms with Crippen molar-refractivity contribution >= 4 is 38.1 Å². The summed E-state index contributed by atoms with van der Waals surface area (Å²) in [6.45, 7) is 0.218. The quantitative estimate of drug-likeness (QED) is 0.439. The van der Waals surface area contributed by atoms with Crippen LogP contribution in [-0.2, 0) is 11.4 Å². The highest BCUT2D eigenvalue weighted by atomic mass is 127. The van der Waals surface area contributed by atoms with Crippen LogP contribution in [0.4, 0.5) is 0 Å². The molecule has 1 heterocycles. The van der Waals surface area contributed by atoms with Crippen LogP contribution < -0.4 is 4.74 Å². The van der Waals surface area contributed by atoms with Crippen molar-refractivity contribution in [3.05, 3.63) is 36.2 Å². The third kappa shape index (κ3) is 4.30. The first kappa shape index (κ1) is 13.3. The molecule has 5 nitrogen and oxygen atoms in total. The Morgan fingerprint density at radius 2 is 2.11 bits per heavy atom. The molecule has 0 amide bonds. The summed E-state index contributed by atoms with van der Waals surface area (Å²) in [5, 5.41) is 8.03. The Hall–Kier alpha value is -1.09. The van der Waals surface area contributed by atoms with Crippen molar-refractivity contribution in [2.45, 2.75) is 11.8 Å². The highest BCUT2D eigenvalue weighted by molar-refractivity contribution is 14.1. The second kappa shape index (κ2) is 6.74. The number of thioether (sulfide) groups is 1. The maximum absolute atomic E-state index is 10.8. The summed E-state index contributed by atoms with van der Waals surface area (Å²) < 4.78 is 10.8. The van der Waals surface area contributed by atoms with E-state index in [2.05, 4.69) is 10.2 Å². The van der Waals surface area contributed by atoms with E-state index in [1.807, 2.05) is 30.3 Å². The Bertz CT molecular complexity index is 518. The van der Waals surface area contributed by atoms with Gasteiger partial charge in [0.1, 0.15) is 5.75 Å². The van der Waals surface area contributed by atoms with Gasteiger partial charge in [-0.25, -0.2) is 0 Å². The molecule has 0 bridgehead atoms. The van der Waals surface area contributed by atoms with Gasteiger partial charge in [-0.2, -0.15) is 0 Å². The molecule has 0 aliphatic rings. The molecule has 2 aromatic rings. The van der Waals surface area contributed by atoms with Crippen molar-refractivity contribution in [3.63, 3.8) is 0 Å². The lowest BCUT2D eigenvalue weighted by atomic mass is 10.3. The van der Waals surface area contributed by atoms with E-state index in [0.717, 1.165) is 5.75 Å². The number of hydrogen-bond acceptors (Lipinski definition) is 6. The van der Waals surface area contributed by atoms with E-state index < -0.39 is 0 Å². The maximum Gasteiger partial charge on any atom is 0.277 e. The van der Waals surface area contributed by atoms with Gasteiger partial charge in [0.15, 0.2) is 6.61 Å². The van der Waals surface area contributed by atoms with Crippen molar-refractivity contribution < 1.29 is 13.9 Å². The molecule has 0 unspecified atom stereocenters. The first-order valence-corrected chi connectivity index (χ1v) is 7.12. The van der Waals surface area contributed by atoms with Gasteiger partial charge in [0.2, 0.25) is 3.79 Å². The molecule has 0 spiro atoms. The Morgan fingerprint density at radius 3 is 2.83 bits per heavy atom. The normalized spacial score (nSPS) is 10.3.